The Morgan fingerprint density at radius 3 is 1.06 bits per heavy atom. The van der Waals surface area contributed by atoms with Crippen LogP contribution in [0, 0.1) is 16.2 Å². The highest BCUT2D eigenvalue weighted by atomic mass is 16.3. The summed E-state index contributed by atoms with van der Waals surface area (Å²) in [5, 5.41) is 27.3. The quantitative estimate of drug-likeness (QED) is 0.115. The van der Waals surface area contributed by atoms with E-state index in [0.717, 1.165) is 22.3 Å². The van der Waals surface area contributed by atoms with Gasteiger partial charge in [0.05, 0.1) is 23.3 Å². The number of carbonyl (C=O) groups excluding carboxylic acids is 2. The molecule has 5 rings (SSSR count). The number of benzene rings is 4. The van der Waals surface area contributed by atoms with Crippen molar-refractivity contribution in [3.05, 3.63) is 144 Å². The summed E-state index contributed by atoms with van der Waals surface area (Å²) in [5.41, 5.74) is 3.96. The van der Waals surface area contributed by atoms with Crippen molar-refractivity contribution >= 4 is 11.8 Å². The number of nitrogens with two attached hydrogens (primary N) is 1. The Hall–Kier alpha value is -4.26. The molecule has 282 valence electrons. The average Bonchev–Trinajstić information content (AvgIpc) is 3.60. The van der Waals surface area contributed by atoms with E-state index >= 15 is 4.79 Å². The monoisotopic (exact) mass is 716 g/mol. The van der Waals surface area contributed by atoms with Crippen LogP contribution in [0.15, 0.2) is 121 Å². The molecule has 6 heteroatoms. The summed E-state index contributed by atoms with van der Waals surface area (Å²) in [5.74, 6) is -1.05. The fraction of sp³-hybridized carbons (Fsp3) is 0.447. The van der Waals surface area contributed by atoms with Crippen molar-refractivity contribution in [3.8, 4) is 0 Å². The molecule has 1 aliphatic rings. The zero-order chi connectivity index (χ0) is 38.5. The minimum Gasteiger partial charge on any atom is -0.387 e. The predicted molar refractivity (Wildman–Crippen MR) is 214 cm³/mol. The minimum absolute atomic E-state index is 0.241. The van der Waals surface area contributed by atoms with Crippen LogP contribution in [0.5, 0.6) is 0 Å². The lowest BCUT2D eigenvalue weighted by Gasteiger charge is -2.59. The van der Waals surface area contributed by atoms with Crippen molar-refractivity contribution in [1.29, 1.82) is 0 Å². The van der Waals surface area contributed by atoms with Crippen molar-refractivity contribution < 1.29 is 19.8 Å². The van der Waals surface area contributed by atoms with Gasteiger partial charge >= 0.3 is 0 Å². The van der Waals surface area contributed by atoms with E-state index in [4.69, 9.17) is 5.73 Å². The highest BCUT2D eigenvalue weighted by Gasteiger charge is 2.61. The normalized spacial score (nSPS) is 16.2. The third-order valence-corrected chi connectivity index (χ3v) is 11.2. The zero-order valence-corrected chi connectivity index (χ0v) is 32.6. The molecule has 0 bridgehead atoms. The fourth-order valence-electron chi connectivity index (χ4n) is 9.45. The lowest BCUT2D eigenvalue weighted by molar-refractivity contribution is -0.190. The molecule has 4 aromatic rings. The smallest absolute Gasteiger partial charge is 0.238 e. The van der Waals surface area contributed by atoms with Gasteiger partial charge in [-0.05, 0) is 45.9 Å². The maximum Gasteiger partial charge on any atom is 0.238 e. The lowest BCUT2D eigenvalue weighted by Crippen LogP contribution is -2.73. The Balaban J connectivity index is 1.85. The first-order valence-electron chi connectivity index (χ1n) is 19.2. The van der Waals surface area contributed by atoms with Gasteiger partial charge in [0.15, 0.2) is 0 Å². The third kappa shape index (κ3) is 9.10. The molecular formula is C47H60N2O4. The van der Waals surface area contributed by atoms with Gasteiger partial charge in [-0.15, -0.1) is 0 Å². The summed E-state index contributed by atoms with van der Waals surface area (Å²) in [6, 6.07) is 37.8. The molecule has 0 heterocycles. The Kier molecular flexibility index (Phi) is 12.1. The average molecular weight is 717 g/mol. The Morgan fingerprint density at radius 2 is 0.830 bits per heavy atom. The molecule has 6 nitrogen and oxygen atoms in total. The van der Waals surface area contributed by atoms with Gasteiger partial charge in [0.2, 0.25) is 11.8 Å². The van der Waals surface area contributed by atoms with Crippen LogP contribution in [-0.4, -0.2) is 50.2 Å². The van der Waals surface area contributed by atoms with Crippen LogP contribution in [0.2, 0.25) is 0 Å². The lowest BCUT2D eigenvalue weighted by atomic mass is 9.64. The van der Waals surface area contributed by atoms with E-state index in [1.165, 1.54) is 0 Å². The predicted octanol–water partition coefficient (Wildman–Crippen LogP) is 8.12. The molecule has 4 aromatic carbocycles. The first-order valence-corrected chi connectivity index (χ1v) is 19.2. The SMILES string of the molecule is CC(C)(C)[C@@H](N(C(=O)C1(C(N)=O)CCCC1)[C@H](C(C)(C)C)C(O)(Cc1ccccc1)Cc1ccccc1)C(O)(Cc1ccccc1)Cc1ccccc1. The molecule has 0 unspecified atom stereocenters. The van der Waals surface area contributed by atoms with Crippen molar-refractivity contribution in [2.45, 2.75) is 116 Å². The zero-order valence-electron chi connectivity index (χ0n) is 32.6. The Bertz CT molecular complexity index is 1580. The highest BCUT2D eigenvalue weighted by molar-refractivity contribution is 6.05. The van der Waals surface area contributed by atoms with Gasteiger partial charge in [0, 0.05) is 25.7 Å². The Labute approximate surface area is 317 Å². The molecule has 4 N–H and O–H groups in total. The van der Waals surface area contributed by atoms with Gasteiger partial charge in [-0.25, -0.2) is 0 Å². The van der Waals surface area contributed by atoms with Crippen LogP contribution in [0.1, 0.15) is 89.5 Å². The van der Waals surface area contributed by atoms with Gasteiger partial charge in [-0.2, -0.15) is 0 Å². The van der Waals surface area contributed by atoms with Gasteiger partial charge in [-0.1, -0.05) is 176 Å². The van der Waals surface area contributed by atoms with Gasteiger partial charge < -0.3 is 20.8 Å². The van der Waals surface area contributed by atoms with Crippen molar-refractivity contribution in [2.75, 3.05) is 0 Å². The number of rotatable bonds is 14. The number of amides is 2. The standard InChI is InChI=1S/C47H60N2O4/c1-43(2,3)39(46(52,31-35-21-11-7-12-22-35)32-36-23-13-8-14-24-36)49(42(51)45(41(48)50)29-19-20-30-45)40(44(4,5)6)47(53,33-37-25-15-9-16-26-37)34-38-27-17-10-18-28-38/h7-18,21-28,39-40,52-53H,19-20,29-34H2,1-6H3,(H2,48,50)/t39-,40-/m1/s1. The minimum atomic E-state index is -1.54. The van der Waals surface area contributed by atoms with Crippen molar-refractivity contribution in [3.63, 3.8) is 0 Å². The maximum atomic E-state index is 16.0. The molecule has 53 heavy (non-hydrogen) atoms. The first-order chi connectivity index (χ1) is 25.0. The molecule has 0 saturated heterocycles. The first kappa shape index (κ1) is 39.9. The van der Waals surface area contributed by atoms with Crippen molar-refractivity contribution in [2.24, 2.45) is 22.0 Å². The van der Waals surface area contributed by atoms with Crippen LogP contribution in [0.3, 0.4) is 0 Å². The fourth-order valence-corrected chi connectivity index (χ4v) is 9.45. The molecule has 0 aliphatic heterocycles. The van der Waals surface area contributed by atoms with E-state index in [1.54, 1.807) is 4.90 Å². The molecule has 0 aromatic heterocycles. The van der Waals surface area contributed by atoms with Gasteiger partial charge in [-0.3, -0.25) is 9.59 Å². The topological polar surface area (TPSA) is 104 Å². The van der Waals surface area contributed by atoms with E-state index in [9.17, 15) is 15.0 Å². The van der Waals surface area contributed by atoms with Crippen LogP contribution in [0.25, 0.3) is 0 Å². The number of hydrogen-bond donors (Lipinski definition) is 3. The molecule has 1 saturated carbocycles. The third-order valence-electron chi connectivity index (χ3n) is 11.2. The summed E-state index contributed by atoms with van der Waals surface area (Å²) in [6.45, 7) is 12.3. The van der Waals surface area contributed by atoms with Crippen LogP contribution in [-0.2, 0) is 35.3 Å². The van der Waals surface area contributed by atoms with Crippen molar-refractivity contribution in [1.82, 2.24) is 4.90 Å². The summed E-state index contributed by atoms with van der Waals surface area (Å²) in [7, 11) is 0. The summed E-state index contributed by atoms with van der Waals surface area (Å²) in [4.78, 5) is 31.5. The van der Waals surface area contributed by atoms with Crippen LogP contribution < -0.4 is 5.73 Å². The molecule has 1 fully saturated rings. The second kappa shape index (κ2) is 16.0. The molecule has 1 aliphatic carbocycles. The number of primary amides is 1. The summed E-state index contributed by atoms with van der Waals surface area (Å²) < 4.78 is 0. The second-order valence-electron chi connectivity index (χ2n) is 17.8. The van der Waals surface area contributed by atoms with Crippen LogP contribution in [0.4, 0.5) is 0 Å². The molecule has 2 atom stereocenters. The van der Waals surface area contributed by atoms with Crippen LogP contribution >= 0.6 is 0 Å². The molecule has 0 radical (unpaired) electrons. The highest BCUT2D eigenvalue weighted by Crippen LogP contribution is 2.49. The summed E-state index contributed by atoms with van der Waals surface area (Å²) >= 11 is 0. The van der Waals surface area contributed by atoms with E-state index in [0.29, 0.717) is 25.7 Å². The Morgan fingerprint density at radius 1 is 0.566 bits per heavy atom. The second-order valence-corrected chi connectivity index (χ2v) is 17.8. The number of hydrogen-bond acceptors (Lipinski definition) is 4. The molecular weight excluding hydrogens is 657 g/mol. The molecule has 0 spiro atoms. The summed E-state index contributed by atoms with van der Waals surface area (Å²) in [6.07, 6.45) is 3.01. The van der Waals surface area contributed by atoms with E-state index < -0.39 is 51.3 Å². The number of nitrogens with zero attached hydrogens (tertiary/aromatic N) is 1. The van der Waals surface area contributed by atoms with Gasteiger partial charge in [0.1, 0.15) is 5.41 Å². The van der Waals surface area contributed by atoms with Gasteiger partial charge in [0.25, 0.3) is 0 Å². The maximum absolute atomic E-state index is 16.0. The van der Waals surface area contributed by atoms with E-state index in [2.05, 4.69) is 41.5 Å². The van der Waals surface area contributed by atoms with E-state index in [-0.39, 0.29) is 25.7 Å². The van der Waals surface area contributed by atoms with E-state index in [1.807, 2.05) is 121 Å². The molecule has 2 amide bonds. The number of aliphatic hydroxyl groups is 2. The number of carbonyl (C=O) groups is 2. The largest absolute Gasteiger partial charge is 0.387 e.